The zero-order valence-corrected chi connectivity index (χ0v) is 13.4. The molecule has 3 rings (SSSR count). The van der Waals surface area contributed by atoms with Crippen LogP contribution in [0.3, 0.4) is 0 Å². The molecule has 5 nitrogen and oxygen atoms in total. The smallest absolute Gasteiger partial charge is 0.239 e. The number of aromatic nitrogens is 2. The highest BCUT2D eigenvalue weighted by Gasteiger charge is 2.33. The van der Waals surface area contributed by atoms with Crippen LogP contribution in [0, 0.1) is 6.92 Å². The fourth-order valence-electron chi connectivity index (χ4n) is 2.14. The Morgan fingerprint density at radius 2 is 2.30 bits per heavy atom. The van der Waals surface area contributed by atoms with Crippen molar-refractivity contribution >= 4 is 38.3 Å². The molecule has 0 aliphatic carbocycles. The predicted molar refractivity (Wildman–Crippen MR) is 80.4 cm³/mol. The molecule has 0 fully saturated rings. The number of anilines is 1. The van der Waals surface area contributed by atoms with Crippen LogP contribution in [0.15, 0.2) is 22.7 Å². The number of carbonyl (C=O) groups is 1. The van der Waals surface area contributed by atoms with Gasteiger partial charge in [0, 0.05) is 17.1 Å². The molecular weight excluding hydrogens is 342 g/mol. The van der Waals surface area contributed by atoms with Crippen molar-refractivity contribution in [3.8, 4) is 5.75 Å². The van der Waals surface area contributed by atoms with Crippen LogP contribution in [0.25, 0.3) is 0 Å². The average molecular weight is 354 g/mol. The molecule has 0 bridgehead atoms. The molecule has 0 spiro atoms. The van der Waals surface area contributed by atoms with E-state index in [-0.39, 0.29) is 11.8 Å². The van der Waals surface area contributed by atoms with Crippen molar-refractivity contribution in [2.24, 2.45) is 0 Å². The maximum Gasteiger partial charge on any atom is 0.239 e. The molecule has 104 valence electrons. The molecule has 1 aromatic heterocycles. The molecule has 0 saturated heterocycles. The van der Waals surface area contributed by atoms with Gasteiger partial charge in [-0.1, -0.05) is 27.3 Å². The zero-order chi connectivity index (χ0) is 14.3. The van der Waals surface area contributed by atoms with Crippen LogP contribution in [0.2, 0.25) is 0 Å². The van der Waals surface area contributed by atoms with Crippen molar-refractivity contribution < 1.29 is 9.53 Å². The Kier molecular flexibility index (Phi) is 3.47. The van der Waals surface area contributed by atoms with E-state index in [4.69, 9.17) is 4.74 Å². The van der Waals surface area contributed by atoms with Gasteiger partial charge >= 0.3 is 0 Å². The quantitative estimate of drug-likeness (QED) is 0.832. The third kappa shape index (κ3) is 2.31. The number of likely N-dealkylation sites (N-methyl/N-ethyl adjacent to an activating group) is 1. The number of halogens is 1. The molecule has 20 heavy (non-hydrogen) atoms. The third-order valence-corrected chi connectivity index (χ3v) is 4.59. The normalized spacial score (nSPS) is 16.6. The maximum atomic E-state index is 12.6. The molecule has 2 heterocycles. The summed E-state index contributed by atoms with van der Waals surface area (Å²) >= 11 is 4.83. The van der Waals surface area contributed by atoms with Crippen LogP contribution in [0.4, 0.5) is 5.13 Å². The molecule has 1 aliphatic heterocycles. The summed E-state index contributed by atoms with van der Waals surface area (Å²) in [5.74, 6) is 0.447. The zero-order valence-electron chi connectivity index (χ0n) is 11.0. The van der Waals surface area contributed by atoms with Crippen molar-refractivity contribution in [3.63, 3.8) is 0 Å². The van der Waals surface area contributed by atoms with Gasteiger partial charge in [-0.15, -0.1) is 10.2 Å². The van der Waals surface area contributed by atoms with E-state index < -0.39 is 0 Å². The number of fused-ring (bicyclic) bond motifs is 1. The first kappa shape index (κ1) is 13.5. The largest absolute Gasteiger partial charge is 0.492 e. The second-order valence-corrected chi connectivity index (χ2v) is 6.62. The highest BCUT2D eigenvalue weighted by molar-refractivity contribution is 9.10. The lowest BCUT2D eigenvalue weighted by Crippen LogP contribution is -2.32. The van der Waals surface area contributed by atoms with Crippen LogP contribution in [0.5, 0.6) is 5.75 Å². The Balaban J connectivity index is 1.88. The predicted octanol–water partition coefficient (Wildman–Crippen LogP) is 2.75. The second kappa shape index (κ2) is 5.14. The summed E-state index contributed by atoms with van der Waals surface area (Å²) in [6, 6.07) is 5.72. The number of nitrogens with zero attached hydrogens (tertiary/aromatic N) is 3. The summed E-state index contributed by atoms with van der Waals surface area (Å²) in [6.07, 6.45) is 0. The third-order valence-electron chi connectivity index (χ3n) is 3.18. The van der Waals surface area contributed by atoms with Gasteiger partial charge in [0.1, 0.15) is 23.3 Å². The van der Waals surface area contributed by atoms with Gasteiger partial charge in [-0.25, -0.2) is 0 Å². The first-order chi connectivity index (χ1) is 9.56. The van der Waals surface area contributed by atoms with Crippen molar-refractivity contribution in [2.75, 3.05) is 18.6 Å². The summed E-state index contributed by atoms with van der Waals surface area (Å²) in [7, 11) is 1.72. The molecule has 1 amide bonds. The molecule has 2 aromatic rings. The van der Waals surface area contributed by atoms with Crippen LogP contribution < -0.4 is 9.64 Å². The number of amides is 1. The van der Waals surface area contributed by atoms with E-state index >= 15 is 0 Å². The number of aryl methyl sites for hydroxylation is 1. The Bertz CT molecular complexity index is 673. The fraction of sp³-hybridized carbons (Fsp3) is 0.308. The molecule has 1 atom stereocenters. The Morgan fingerprint density at radius 1 is 1.50 bits per heavy atom. The molecule has 7 heteroatoms. The first-order valence-electron chi connectivity index (χ1n) is 6.06. The lowest BCUT2D eigenvalue weighted by molar-refractivity contribution is -0.119. The monoisotopic (exact) mass is 353 g/mol. The van der Waals surface area contributed by atoms with Crippen LogP contribution in [-0.2, 0) is 4.79 Å². The lowest BCUT2D eigenvalue weighted by Gasteiger charge is -2.17. The van der Waals surface area contributed by atoms with Gasteiger partial charge in [0.2, 0.25) is 11.0 Å². The van der Waals surface area contributed by atoms with E-state index in [1.165, 1.54) is 11.3 Å². The van der Waals surface area contributed by atoms with Crippen molar-refractivity contribution in [2.45, 2.75) is 12.8 Å². The van der Waals surface area contributed by atoms with Gasteiger partial charge in [-0.05, 0) is 25.1 Å². The number of carbonyl (C=O) groups excluding carboxylic acids is 1. The molecular formula is C13H12BrN3O2S. The summed E-state index contributed by atoms with van der Waals surface area (Å²) in [6.45, 7) is 2.23. The van der Waals surface area contributed by atoms with Gasteiger partial charge in [0.25, 0.3) is 0 Å². The Hall–Kier alpha value is -1.47. The van der Waals surface area contributed by atoms with E-state index in [9.17, 15) is 4.79 Å². The van der Waals surface area contributed by atoms with E-state index in [1.807, 2.05) is 25.1 Å². The summed E-state index contributed by atoms with van der Waals surface area (Å²) in [4.78, 5) is 14.1. The summed E-state index contributed by atoms with van der Waals surface area (Å²) in [5, 5.41) is 9.39. The van der Waals surface area contributed by atoms with Crippen LogP contribution >= 0.6 is 27.3 Å². The minimum Gasteiger partial charge on any atom is -0.492 e. The Labute approximate surface area is 128 Å². The highest BCUT2D eigenvalue weighted by atomic mass is 79.9. The lowest BCUT2D eigenvalue weighted by atomic mass is 10.0. The molecule has 0 saturated carbocycles. The minimum atomic E-state index is -0.295. The van der Waals surface area contributed by atoms with Gasteiger partial charge in [-0.3, -0.25) is 9.69 Å². The van der Waals surface area contributed by atoms with E-state index in [0.29, 0.717) is 11.7 Å². The fourth-order valence-corrected chi connectivity index (χ4v) is 3.17. The molecule has 0 radical (unpaired) electrons. The van der Waals surface area contributed by atoms with E-state index in [2.05, 4.69) is 26.1 Å². The Morgan fingerprint density at radius 3 is 3.00 bits per heavy atom. The van der Waals surface area contributed by atoms with Gasteiger partial charge in [-0.2, -0.15) is 0 Å². The summed E-state index contributed by atoms with van der Waals surface area (Å²) < 4.78 is 6.52. The van der Waals surface area contributed by atoms with Crippen molar-refractivity contribution in [1.29, 1.82) is 0 Å². The number of hydrogen-bond acceptors (Lipinski definition) is 5. The van der Waals surface area contributed by atoms with Crippen LogP contribution in [0.1, 0.15) is 16.5 Å². The average Bonchev–Trinajstić information content (AvgIpc) is 3.03. The molecule has 1 aromatic carbocycles. The minimum absolute atomic E-state index is 0.0296. The summed E-state index contributed by atoms with van der Waals surface area (Å²) in [5.41, 5.74) is 0.914. The maximum absolute atomic E-state index is 12.6. The SMILES string of the molecule is Cc1nnc(N(C)C(=O)C2COc3ccc(Br)cc32)s1. The van der Waals surface area contributed by atoms with Gasteiger partial charge in [0.15, 0.2) is 0 Å². The number of ether oxygens (including phenoxy) is 1. The van der Waals surface area contributed by atoms with E-state index in [0.717, 1.165) is 20.8 Å². The number of benzene rings is 1. The number of hydrogen-bond donors (Lipinski definition) is 0. The number of rotatable bonds is 2. The molecule has 1 aliphatic rings. The first-order valence-corrected chi connectivity index (χ1v) is 7.67. The van der Waals surface area contributed by atoms with Crippen molar-refractivity contribution in [3.05, 3.63) is 33.2 Å². The van der Waals surface area contributed by atoms with Crippen LogP contribution in [-0.4, -0.2) is 29.8 Å². The van der Waals surface area contributed by atoms with Crippen molar-refractivity contribution in [1.82, 2.24) is 10.2 Å². The molecule has 1 unspecified atom stereocenters. The van der Waals surface area contributed by atoms with Gasteiger partial charge < -0.3 is 4.74 Å². The van der Waals surface area contributed by atoms with E-state index in [1.54, 1.807) is 11.9 Å². The second-order valence-electron chi connectivity index (χ2n) is 4.55. The highest BCUT2D eigenvalue weighted by Crippen LogP contribution is 2.37. The topological polar surface area (TPSA) is 55.3 Å². The molecule has 0 N–H and O–H groups in total. The van der Waals surface area contributed by atoms with Gasteiger partial charge in [0.05, 0.1) is 0 Å². The standard InChI is InChI=1S/C13H12BrN3O2S/c1-7-15-16-13(20-7)17(2)12(18)10-6-19-11-4-3-8(14)5-9(10)11/h3-5,10H,6H2,1-2H3.